The van der Waals surface area contributed by atoms with Crippen LogP contribution in [-0.4, -0.2) is 36.9 Å². The highest BCUT2D eigenvalue weighted by Gasteiger charge is 2.17. The molecule has 0 aliphatic rings. The Bertz CT molecular complexity index is 1020. The summed E-state index contributed by atoms with van der Waals surface area (Å²) in [5.74, 6) is 1.36. The standard InChI is InChI=1S/C22H21BrN2O4S/c1-3-28-15-8-10-16(11-9-15)29-18-7-5-4-6-17(18)24-21(26)14-25(2)22(27)19-12-13-20(23)30-19/h4-13H,3,14H2,1-2H3,(H,24,26). The van der Waals surface area contributed by atoms with Crippen LogP contribution in [0.15, 0.2) is 64.5 Å². The lowest BCUT2D eigenvalue weighted by Crippen LogP contribution is -2.34. The molecule has 0 atom stereocenters. The normalized spacial score (nSPS) is 10.4. The maximum absolute atomic E-state index is 12.5. The Morgan fingerprint density at radius 1 is 1.03 bits per heavy atom. The average Bonchev–Trinajstić information content (AvgIpc) is 3.16. The fraction of sp³-hybridized carbons (Fsp3) is 0.182. The predicted octanol–water partition coefficient (Wildman–Crippen LogP) is 5.41. The topological polar surface area (TPSA) is 67.9 Å². The maximum atomic E-state index is 12.5. The van der Waals surface area contributed by atoms with Crippen LogP contribution in [0.5, 0.6) is 17.2 Å². The highest BCUT2D eigenvalue weighted by atomic mass is 79.9. The van der Waals surface area contributed by atoms with Gasteiger partial charge in [-0.05, 0) is 71.4 Å². The lowest BCUT2D eigenvalue weighted by molar-refractivity contribution is -0.116. The molecule has 1 N–H and O–H groups in total. The molecule has 6 nitrogen and oxygen atoms in total. The van der Waals surface area contributed by atoms with Crippen LogP contribution in [0, 0.1) is 0 Å². The fourth-order valence-electron chi connectivity index (χ4n) is 2.65. The van der Waals surface area contributed by atoms with Crippen LogP contribution in [0.1, 0.15) is 16.6 Å². The van der Waals surface area contributed by atoms with E-state index in [1.807, 2.05) is 25.1 Å². The van der Waals surface area contributed by atoms with Gasteiger partial charge in [0.25, 0.3) is 5.91 Å². The molecule has 2 amide bonds. The molecule has 0 bridgehead atoms. The second-order valence-corrected chi connectivity index (χ2v) is 8.78. The van der Waals surface area contributed by atoms with Crippen LogP contribution in [0.25, 0.3) is 0 Å². The van der Waals surface area contributed by atoms with Crippen LogP contribution < -0.4 is 14.8 Å². The summed E-state index contributed by atoms with van der Waals surface area (Å²) in [4.78, 5) is 26.9. The molecule has 0 fully saturated rings. The van der Waals surface area contributed by atoms with E-state index >= 15 is 0 Å². The van der Waals surface area contributed by atoms with Gasteiger partial charge < -0.3 is 19.7 Å². The zero-order chi connectivity index (χ0) is 21.5. The number of benzene rings is 2. The van der Waals surface area contributed by atoms with Crippen molar-refractivity contribution >= 4 is 44.8 Å². The number of carbonyl (C=O) groups is 2. The van der Waals surface area contributed by atoms with Crippen LogP contribution in [0.2, 0.25) is 0 Å². The Morgan fingerprint density at radius 3 is 2.40 bits per heavy atom. The van der Waals surface area contributed by atoms with Crippen molar-refractivity contribution in [3.05, 3.63) is 69.3 Å². The summed E-state index contributed by atoms with van der Waals surface area (Å²) < 4.78 is 12.2. The first-order valence-corrected chi connectivity index (χ1v) is 10.9. The molecular weight excluding hydrogens is 468 g/mol. The fourth-order valence-corrected chi connectivity index (χ4v) is 4.03. The first kappa shape index (κ1) is 21.9. The molecule has 1 aromatic heterocycles. The van der Waals surface area contributed by atoms with Gasteiger partial charge >= 0.3 is 0 Å². The van der Waals surface area contributed by atoms with Crippen molar-refractivity contribution < 1.29 is 19.1 Å². The Balaban J connectivity index is 1.63. The minimum absolute atomic E-state index is 0.0776. The molecule has 3 aromatic rings. The number of likely N-dealkylation sites (N-methyl/N-ethyl adjacent to an activating group) is 1. The van der Waals surface area contributed by atoms with Gasteiger partial charge in [-0.15, -0.1) is 11.3 Å². The number of nitrogens with zero attached hydrogens (tertiary/aromatic N) is 1. The van der Waals surface area contributed by atoms with Crippen LogP contribution >= 0.6 is 27.3 Å². The highest BCUT2D eigenvalue weighted by molar-refractivity contribution is 9.11. The quantitative estimate of drug-likeness (QED) is 0.460. The molecule has 0 saturated heterocycles. The molecule has 2 aromatic carbocycles. The molecule has 1 heterocycles. The van der Waals surface area contributed by atoms with Crippen LogP contribution in [-0.2, 0) is 4.79 Å². The first-order chi connectivity index (χ1) is 14.5. The molecular formula is C22H21BrN2O4S. The van der Waals surface area contributed by atoms with Crippen molar-refractivity contribution in [2.24, 2.45) is 0 Å². The smallest absolute Gasteiger partial charge is 0.264 e. The third-order valence-electron chi connectivity index (χ3n) is 4.04. The predicted molar refractivity (Wildman–Crippen MR) is 122 cm³/mol. The number of rotatable bonds is 8. The van der Waals surface area contributed by atoms with Gasteiger partial charge in [0, 0.05) is 7.05 Å². The van der Waals surface area contributed by atoms with E-state index in [1.54, 1.807) is 49.5 Å². The molecule has 0 aliphatic heterocycles. The number of nitrogens with one attached hydrogen (secondary N) is 1. The van der Waals surface area contributed by atoms with E-state index in [9.17, 15) is 9.59 Å². The molecule has 0 radical (unpaired) electrons. The van der Waals surface area contributed by atoms with Crippen molar-refractivity contribution in [1.82, 2.24) is 4.90 Å². The van der Waals surface area contributed by atoms with Gasteiger partial charge in [0.05, 0.1) is 27.5 Å². The SMILES string of the molecule is CCOc1ccc(Oc2ccccc2NC(=O)CN(C)C(=O)c2ccc(Br)s2)cc1. The highest BCUT2D eigenvalue weighted by Crippen LogP contribution is 2.30. The largest absolute Gasteiger partial charge is 0.494 e. The summed E-state index contributed by atoms with van der Waals surface area (Å²) in [5, 5.41) is 2.82. The van der Waals surface area contributed by atoms with Gasteiger partial charge in [-0.1, -0.05) is 12.1 Å². The van der Waals surface area contributed by atoms with E-state index in [-0.39, 0.29) is 18.4 Å². The molecule has 0 saturated carbocycles. The van der Waals surface area contributed by atoms with Gasteiger partial charge in [0.1, 0.15) is 11.5 Å². The number of para-hydroxylation sites is 2. The Labute approximate surface area is 187 Å². The van der Waals surface area contributed by atoms with Crippen LogP contribution in [0.3, 0.4) is 0 Å². The number of ether oxygens (including phenoxy) is 2. The maximum Gasteiger partial charge on any atom is 0.264 e. The minimum atomic E-state index is -0.316. The van der Waals surface area contributed by atoms with Gasteiger partial charge in [-0.3, -0.25) is 9.59 Å². The van der Waals surface area contributed by atoms with E-state index in [2.05, 4.69) is 21.2 Å². The molecule has 30 heavy (non-hydrogen) atoms. The summed E-state index contributed by atoms with van der Waals surface area (Å²) in [6, 6.07) is 17.9. The van der Waals surface area contributed by atoms with Crippen molar-refractivity contribution in [3.63, 3.8) is 0 Å². The van der Waals surface area contributed by atoms with Gasteiger partial charge in [-0.2, -0.15) is 0 Å². The average molecular weight is 489 g/mol. The van der Waals surface area contributed by atoms with Crippen LogP contribution in [0.4, 0.5) is 5.69 Å². The number of halogens is 1. The zero-order valence-corrected chi connectivity index (χ0v) is 19.0. The van der Waals surface area contributed by atoms with Crippen molar-refractivity contribution in [1.29, 1.82) is 0 Å². The van der Waals surface area contributed by atoms with E-state index < -0.39 is 0 Å². The molecule has 156 valence electrons. The molecule has 0 spiro atoms. The van der Waals surface area contributed by atoms with E-state index in [0.717, 1.165) is 9.54 Å². The van der Waals surface area contributed by atoms with Gasteiger partial charge in [-0.25, -0.2) is 0 Å². The second-order valence-electron chi connectivity index (χ2n) is 6.32. The second kappa shape index (κ2) is 10.3. The van der Waals surface area contributed by atoms with Gasteiger partial charge in [0.2, 0.25) is 5.91 Å². The van der Waals surface area contributed by atoms with E-state index in [1.165, 1.54) is 16.2 Å². The molecule has 0 unspecified atom stereocenters. The number of thiophene rings is 1. The number of hydrogen-bond donors (Lipinski definition) is 1. The first-order valence-electron chi connectivity index (χ1n) is 9.26. The summed E-state index contributed by atoms with van der Waals surface area (Å²) in [7, 11) is 1.60. The number of anilines is 1. The third kappa shape index (κ3) is 5.84. The van der Waals surface area contributed by atoms with Gasteiger partial charge in [0.15, 0.2) is 5.75 Å². The summed E-state index contributed by atoms with van der Waals surface area (Å²) >= 11 is 4.67. The summed E-state index contributed by atoms with van der Waals surface area (Å²) in [6.45, 7) is 2.44. The Kier molecular flexibility index (Phi) is 7.48. The Hall–Kier alpha value is -2.84. The third-order valence-corrected chi connectivity index (χ3v) is 5.65. The number of hydrogen-bond acceptors (Lipinski definition) is 5. The summed E-state index contributed by atoms with van der Waals surface area (Å²) in [6.07, 6.45) is 0. The molecule has 0 aliphatic carbocycles. The minimum Gasteiger partial charge on any atom is -0.494 e. The summed E-state index contributed by atoms with van der Waals surface area (Å²) in [5.41, 5.74) is 0.524. The lowest BCUT2D eigenvalue weighted by Gasteiger charge is -2.17. The monoisotopic (exact) mass is 488 g/mol. The number of amides is 2. The van der Waals surface area contributed by atoms with E-state index in [0.29, 0.717) is 28.7 Å². The molecule has 8 heteroatoms. The molecule has 3 rings (SSSR count). The zero-order valence-electron chi connectivity index (χ0n) is 16.6. The van der Waals surface area contributed by atoms with Crippen molar-refractivity contribution in [2.75, 3.05) is 25.5 Å². The lowest BCUT2D eigenvalue weighted by atomic mass is 10.2. The van der Waals surface area contributed by atoms with Crippen molar-refractivity contribution in [2.45, 2.75) is 6.92 Å². The number of carbonyl (C=O) groups excluding carboxylic acids is 2. The van der Waals surface area contributed by atoms with E-state index in [4.69, 9.17) is 9.47 Å². The van der Waals surface area contributed by atoms with Crippen molar-refractivity contribution in [3.8, 4) is 17.2 Å². The Morgan fingerprint density at radius 2 is 1.73 bits per heavy atom.